The van der Waals surface area contributed by atoms with E-state index in [1.54, 1.807) is 13.8 Å². The summed E-state index contributed by atoms with van der Waals surface area (Å²) in [5, 5.41) is 12.5. The van der Waals surface area contributed by atoms with Crippen molar-refractivity contribution < 1.29 is 18.7 Å². The monoisotopic (exact) mass is 284 g/mol. The Hall–Kier alpha value is -1.69. The SMILES string of the molecule is CC(C)(O)C1CCCN1C(=O)Nc1cc(F)cc(F)c1. The van der Waals surface area contributed by atoms with E-state index < -0.39 is 23.3 Å². The number of anilines is 1. The molecule has 0 radical (unpaired) electrons. The number of hydrogen-bond acceptors (Lipinski definition) is 2. The summed E-state index contributed by atoms with van der Waals surface area (Å²) in [6.45, 7) is 3.80. The van der Waals surface area contributed by atoms with Gasteiger partial charge in [-0.1, -0.05) is 0 Å². The van der Waals surface area contributed by atoms with Crippen LogP contribution in [0.3, 0.4) is 0 Å². The molecule has 110 valence electrons. The molecule has 0 aliphatic carbocycles. The molecule has 1 aliphatic rings. The lowest BCUT2D eigenvalue weighted by molar-refractivity contribution is 0.0117. The van der Waals surface area contributed by atoms with Crippen LogP contribution in [0.15, 0.2) is 18.2 Å². The van der Waals surface area contributed by atoms with Crippen molar-refractivity contribution >= 4 is 11.7 Å². The third-order valence-corrected chi connectivity index (χ3v) is 3.44. The van der Waals surface area contributed by atoms with Crippen molar-refractivity contribution in [1.29, 1.82) is 0 Å². The second-order valence-electron chi connectivity index (χ2n) is 5.59. The van der Waals surface area contributed by atoms with E-state index in [4.69, 9.17) is 0 Å². The van der Waals surface area contributed by atoms with E-state index in [-0.39, 0.29) is 11.7 Å². The van der Waals surface area contributed by atoms with Crippen LogP contribution in [-0.4, -0.2) is 34.2 Å². The molecule has 0 spiro atoms. The summed E-state index contributed by atoms with van der Waals surface area (Å²) in [5.41, 5.74) is -0.949. The molecule has 2 N–H and O–H groups in total. The van der Waals surface area contributed by atoms with Crippen molar-refractivity contribution in [3.63, 3.8) is 0 Å². The minimum atomic E-state index is -1.01. The maximum atomic E-state index is 13.1. The molecule has 0 bridgehead atoms. The van der Waals surface area contributed by atoms with Gasteiger partial charge in [-0.25, -0.2) is 13.6 Å². The Morgan fingerprint density at radius 1 is 1.35 bits per heavy atom. The van der Waals surface area contributed by atoms with Gasteiger partial charge in [-0.2, -0.15) is 0 Å². The first-order valence-corrected chi connectivity index (χ1v) is 6.53. The van der Waals surface area contributed by atoms with Gasteiger partial charge in [0.2, 0.25) is 0 Å². The number of benzene rings is 1. The molecule has 1 aromatic carbocycles. The zero-order valence-corrected chi connectivity index (χ0v) is 11.5. The summed E-state index contributed by atoms with van der Waals surface area (Å²) in [7, 11) is 0. The smallest absolute Gasteiger partial charge is 0.322 e. The molecule has 2 rings (SSSR count). The normalized spacial score (nSPS) is 19.2. The van der Waals surface area contributed by atoms with E-state index in [9.17, 15) is 18.7 Å². The van der Waals surface area contributed by atoms with Gasteiger partial charge in [0.1, 0.15) is 11.6 Å². The van der Waals surface area contributed by atoms with Crippen molar-refractivity contribution in [2.75, 3.05) is 11.9 Å². The third kappa shape index (κ3) is 3.25. The van der Waals surface area contributed by atoms with Gasteiger partial charge in [-0.15, -0.1) is 0 Å². The topological polar surface area (TPSA) is 52.6 Å². The Bertz CT molecular complexity index is 494. The zero-order chi connectivity index (χ0) is 14.9. The second-order valence-corrected chi connectivity index (χ2v) is 5.59. The highest BCUT2D eigenvalue weighted by Gasteiger charge is 2.38. The number of carbonyl (C=O) groups excluding carboxylic acids is 1. The highest BCUT2D eigenvalue weighted by atomic mass is 19.1. The maximum Gasteiger partial charge on any atom is 0.322 e. The van der Waals surface area contributed by atoms with E-state index in [2.05, 4.69) is 5.32 Å². The minimum absolute atomic E-state index is 0.0638. The fraction of sp³-hybridized carbons (Fsp3) is 0.500. The average molecular weight is 284 g/mol. The first kappa shape index (κ1) is 14.7. The lowest BCUT2D eigenvalue weighted by Crippen LogP contribution is -2.49. The van der Waals surface area contributed by atoms with Gasteiger partial charge in [-0.3, -0.25) is 0 Å². The van der Waals surface area contributed by atoms with Gasteiger partial charge in [0.15, 0.2) is 0 Å². The second kappa shape index (κ2) is 5.36. The Kier molecular flexibility index (Phi) is 3.94. The predicted octanol–water partition coefficient (Wildman–Crippen LogP) is 2.73. The molecule has 1 aromatic rings. The van der Waals surface area contributed by atoms with Crippen LogP contribution in [-0.2, 0) is 0 Å². The molecule has 4 nitrogen and oxygen atoms in total. The number of carbonyl (C=O) groups is 1. The zero-order valence-electron chi connectivity index (χ0n) is 11.5. The number of rotatable bonds is 2. The Labute approximate surface area is 116 Å². The molecule has 1 unspecified atom stereocenters. The molecule has 1 atom stereocenters. The molecule has 0 saturated carbocycles. The van der Waals surface area contributed by atoms with Gasteiger partial charge in [-0.05, 0) is 38.8 Å². The van der Waals surface area contributed by atoms with Crippen LogP contribution >= 0.6 is 0 Å². The summed E-state index contributed by atoms with van der Waals surface area (Å²) in [6, 6.07) is 2.08. The molecule has 1 aliphatic heterocycles. The predicted molar refractivity (Wildman–Crippen MR) is 71.4 cm³/mol. The third-order valence-electron chi connectivity index (χ3n) is 3.44. The van der Waals surface area contributed by atoms with Gasteiger partial charge >= 0.3 is 6.03 Å². The molecule has 0 aromatic heterocycles. The van der Waals surface area contributed by atoms with Gasteiger partial charge in [0.25, 0.3) is 0 Å². The Morgan fingerprint density at radius 3 is 2.50 bits per heavy atom. The van der Waals surface area contributed by atoms with E-state index in [1.807, 2.05) is 0 Å². The van der Waals surface area contributed by atoms with Crippen LogP contribution in [0.1, 0.15) is 26.7 Å². The van der Waals surface area contributed by atoms with Crippen molar-refractivity contribution in [3.8, 4) is 0 Å². The molecule has 6 heteroatoms. The van der Waals surface area contributed by atoms with Crippen LogP contribution in [0.5, 0.6) is 0 Å². The van der Waals surface area contributed by atoms with Gasteiger partial charge in [0.05, 0.1) is 11.6 Å². The highest BCUT2D eigenvalue weighted by Crippen LogP contribution is 2.27. The van der Waals surface area contributed by atoms with Crippen molar-refractivity contribution in [2.24, 2.45) is 0 Å². The first-order chi connectivity index (χ1) is 9.27. The molecule has 20 heavy (non-hydrogen) atoms. The summed E-state index contributed by atoms with van der Waals surface area (Å²) >= 11 is 0. The van der Waals surface area contributed by atoms with Crippen molar-refractivity contribution in [2.45, 2.75) is 38.3 Å². The van der Waals surface area contributed by atoms with Crippen molar-refractivity contribution in [1.82, 2.24) is 4.90 Å². The summed E-state index contributed by atoms with van der Waals surface area (Å²) in [5.74, 6) is -1.50. The average Bonchev–Trinajstić information content (AvgIpc) is 2.75. The van der Waals surface area contributed by atoms with E-state index in [0.717, 1.165) is 24.6 Å². The van der Waals surface area contributed by atoms with E-state index in [1.165, 1.54) is 4.90 Å². The fourth-order valence-electron chi connectivity index (χ4n) is 2.57. The number of halogens is 2. The molecule has 1 fully saturated rings. The fourth-order valence-corrected chi connectivity index (χ4v) is 2.57. The lowest BCUT2D eigenvalue weighted by atomic mass is 9.97. The van der Waals surface area contributed by atoms with Crippen LogP contribution in [0, 0.1) is 11.6 Å². The van der Waals surface area contributed by atoms with E-state index >= 15 is 0 Å². The number of urea groups is 1. The number of nitrogens with one attached hydrogen (secondary N) is 1. The Morgan fingerprint density at radius 2 is 1.95 bits per heavy atom. The van der Waals surface area contributed by atoms with Crippen molar-refractivity contribution in [3.05, 3.63) is 29.8 Å². The largest absolute Gasteiger partial charge is 0.388 e. The number of aliphatic hydroxyl groups is 1. The number of nitrogens with zero attached hydrogens (tertiary/aromatic N) is 1. The summed E-state index contributed by atoms with van der Waals surface area (Å²) in [4.78, 5) is 13.7. The number of amides is 2. The van der Waals surface area contributed by atoms with Gasteiger partial charge < -0.3 is 15.3 Å². The molecular formula is C14H18F2N2O2. The molecule has 1 heterocycles. The number of likely N-dealkylation sites (tertiary alicyclic amines) is 1. The molecular weight excluding hydrogens is 266 g/mol. The lowest BCUT2D eigenvalue weighted by Gasteiger charge is -2.33. The van der Waals surface area contributed by atoms with Crippen LogP contribution in [0.2, 0.25) is 0 Å². The van der Waals surface area contributed by atoms with Gasteiger partial charge in [0, 0.05) is 18.3 Å². The quantitative estimate of drug-likeness (QED) is 0.877. The van der Waals surface area contributed by atoms with Crippen LogP contribution < -0.4 is 5.32 Å². The highest BCUT2D eigenvalue weighted by molar-refractivity contribution is 5.89. The molecule has 1 saturated heterocycles. The maximum absolute atomic E-state index is 13.1. The minimum Gasteiger partial charge on any atom is -0.388 e. The molecule has 2 amide bonds. The standard InChI is InChI=1S/C14H18F2N2O2/c1-14(2,20)12-4-3-5-18(12)13(19)17-11-7-9(15)6-10(16)8-11/h6-8,12,20H,3-5H2,1-2H3,(H,17,19). The number of hydrogen-bond donors (Lipinski definition) is 2. The van der Waals surface area contributed by atoms with E-state index in [0.29, 0.717) is 13.0 Å². The van der Waals surface area contributed by atoms with Crippen LogP contribution in [0.4, 0.5) is 19.3 Å². The van der Waals surface area contributed by atoms with Crippen LogP contribution in [0.25, 0.3) is 0 Å². The summed E-state index contributed by atoms with van der Waals surface area (Å²) < 4.78 is 26.2. The summed E-state index contributed by atoms with van der Waals surface area (Å²) in [6.07, 6.45) is 1.49. The Balaban J connectivity index is 2.11. The first-order valence-electron chi connectivity index (χ1n) is 6.53.